The molecule has 0 saturated carbocycles. The number of imidazole rings is 1. The van der Waals surface area contributed by atoms with Crippen LogP contribution in [0.1, 0.15) is 59.1 Å². The summed E-state index contributed by atoms with van der Waals surface area (Å²) in [4.78, 5) is 16.4. The summed E-state index contributed by atoms with van der Waals surface area (Å²) < 4.78 is 2.21. The fourth-order valence-corrected chi connectivity index (χ4v) is 4.48. The van der Waals surface area contributed by atoms with Gasteiger partial charge in [-0.1, -0.05) is 61.9 Å². The first kappa shape index (κ1) is 26.0. The predicted octanol–water partition coefficient (Wildman–Crippen LogP) is 6.59. The number of amides is 1. The molecule has 1 aliphatic rings. The van der Waals surface area contributed by atoms with Crippen molar-refractivity contribution in [2.75, 3.05) is 0 Å². The molecule has 35 heavy (non-hydrogen) atoms. The Morgan fingerprint density at radius 1 is 1.20 bits per heavy atom. The molecule has 2 aromatic rings. The molecule has 0 spiro atoms. The Balaban J connectivity index is 1.60. The number of nitrogens with zero attached hydrogens (tertiary/aromatic N) is 2. The second-order valence-corrected chi connectivity index (χ2v) is 9.92. The first-order valence-corrected chi connectivity index (χ1v) is 12.1. The molecule has 0 bridgehead atoms. The first-order valence-electron chi connectivity index (χ1n) is 12.1. The lowest BCUT2D eigenvalue weighted by Crippen LogP contribution is -2.25. The van der Waals surface area contributed by atoms with Crippen molar-refractivity contribution >= 4 is 5.91 Å². The van der Waals surface area contributed by atoms with E-state index in [0.717, 1.165) is 29.6 Å². The van der Waals surface area contributed by atoms with E-state index in [4.69, 9.17) is 0 Å². The maximum atomic E-state index is 12.2. The number of carbonyl (C=O) groups excluding carboxylic acids is 1. The Labute approximate surface area is 209 Å². The molecule has 1 atom stereocenters. The number of rotatable bonds is 8. The molecule has 3 rings (SSSR count). The van der Waals surface area contributed by atoms with E-state index < -0.39 is 0 Å². The third-order valence-electron chi connectivity index (χ3n) is 6.57. The molecule has 5 heteroatoms. The van der Waals surface area contributed by atoms with Gasteiger partial charge in [0.05, 0.1) is 12.4 Å². The van der Waals surface area contributed by atoms with Crippen LogP contribution in [0.25, 0.3) is 0 Å². The lowest BCUT2D eigenvalue weighted by atomic mass is 9.71. The average molecular weight is 472 g/mol. The van der Waals surface area contributed by atoms with Crippen molar-refractivity contribution in [3.05, 3.63) is 107 Å². The van der Waals surface area contributed by atoms with Crippen molar-refractivity contribution in [3.8, 4) is 5.75 Å². The van der Waals surface area contributed by atoms with Crippen molar-refractivity contribution in [1.82, 2.24) is 14.9 Å². The molecule has 184 valence electrons. The zero-order valence-corrected chi connectivity index (χ0v) is 21.5. The quantitative estimate of drug-likeness (QED) is 0.337. The van der Waals surface area contributed by atoms with Gasteiger partial charge in [0.25, 0.3) is 0 Å². The Morgan fingerprint density at radius 2 is 1.94 bits per heavy atom. The highest BCUT2D eigenvalue weighted by Crippen LogP contribution is 2.45. The van der Waals surface area contributed by atoms with E-state index in [9.17, 15) is 9.90 Å². The maximum Gasteiger partial charge on any atom is 0.244 e. The standard InChI is InChI=1S/C30H37N3O2/c1-22(7-6-8-23(2)19-29(35)32-20-25-10-12-26(34)13-11-25)9-14-27-24(3)28(15-16-30(27,4)5)33-18-17-31-21-33/h6-14,17-19,21,28,34H,15-16,20H2,1-5H3,(H,32,35)/b8-6+,14-9+,22-7+,23-19-. The minimum Gasteiger partial charge on any atom is -0.508 e. The first-order chi connectivity index (χ1) is 16.7. The van der Waals surface area contributed by atoms with Crippen LogP contribution in [-0.2, 0) is 11.3 Å². The summed E-state index contributed by atoms with van der Waals surface area (Å²) in [6.07, 6.45) is 20.0. The molecule has 0 saturated heterocycles. The Morgan fingerprint density at radius 3 is 2.63 bits per heavy atom. The van der Waals surface area contributed by atoms with Crippen LogP contribution in [0.2, 0.25) is 0 Å². The van der Waals surface area contributed by atoms with Crippen molar-refractivity contribution in [3.63, 3.8) is 0 Å². The number of aromatic nitrogens is 2. The van der Waals surface area contributed by atoms with Crippen molar-refractivity contribution < 1.29 is 9.90 Å². The van der Waals surface area contributed by atoms with Crippen molar-refractivity contribution in [1.29, 1.82) is 0 Å². The predicted molar refractivity (Wildman–Crippen MR) is 143 cm³/mol. The summed E-state index contributed by atoms with van der Waals surface area (Å²) in [5.74, 6) is 0.0716. The van der Waals surface area contributed by atoms with Crippen LogP contribution in [0.5, 0.6) is 5.75 Å². The third-order valence-corrected chi connectivity index (χ3v) is 6.57. The van der Waals surface area contributed by atoms with Crippen molar-refractivity contribution in [2.24, 2.45) is 5.41 Å². The van der Waals surface area contributed by atoms with Gasteiger partial charge in [0.1, 0.15) is 5.75 Å². The molecule has 1 aromatic carbocycles. The minimum atomic E-state index is -0.143. The summed E-state index contributed by atoms with van der Waals surface area (Å²) in [7, 11) is 0. The largest absolute Gasteiger partial charge is 0.508 e. The number of carbonyl (C=O) groups is 1. The lowest BCUT2D eigenvalue weighted by Gasteiger charge is -2.37. The molecule has 0 aliphatic heterocycles. The fourth-order valence-electron chi connectivity index (χ4n) is 4.48. The summed E-state index contributed by atoms with van der Waals surface area (Å²) in [6.45, 7) is 11.3. The molecule has 0 radical (unpaired) electrons. The van der Waals surface area contributed by atoms with Crippen LogP contribution in [0.4, 0.5) is 0 Å². The minimum absolute atomic E-state index is 0.139. The lowest BCUT2D eigenvalue weighted by molar-refractivity contribution is -0.116. The van der Waals surface area contributed by atoms with Crippen LogP contribution < -0.4 is 5.32 Å². The van der Waals surface area contributed by atoms with Crippen LogP contribution in [-0.4, -0.2) is 20.6 Å². The van der Waals surface area contributed by atoms with E-state index in [-0.39, 0.29) is 17.1 Å². The number of nitrogens with one attached hydrogen (secondary N) is 1. The van der Waals surface area contributed by atoms with Gasteiger partial charge in [-0.15, -0.1) is 0 Å². The van der Waals surface area contributed by atoms with Crippen molar-refractivity contribution in [2.45, 2.75) is 60.0 Å². The Hall–Kier alpha value is -3.60. The van der Waals surface area contributed by atoms with E-state index in [1.807, 2.05) is 37.8 Å². The summed E-state index contributed by atoms with van der Waals surface area (Å²) >= 11 is 0. The van der Waals surface area contributed by atoms with Gasteiger partial charge in [-0.2, -0.15) is 0 Å². The van der Waals surface area contributed by atoms with Crippen LogP contribution >= 0.6 is 0 Å². The van der Waals surface area contributed by atoms with Crippen LogP contribution in [0, 0.1) is 5.41 Å². The van der Waals surface area contributed by atoms with E-state index in [0.29, 0.717) is 12.6 Å². The maximum absolute atomic E-state index is 12.2. The molecule has 0 fully saturated rings. The second-order valence-electron chi connectivity index (χ2n) is 9.92. The molecule has 1 heterocycles. The number of phenols is 1. The highest BCUT2D eigenvalue weighted by atomic mass is 16.3. The average Bonchev–Trinajstić information content (AvgIpc) is 3.33. The molecule has 5 nitrogen and oxygen atoms in total. The van der Waals surface area contributed by atoms with Crippen LogP contribution in [0.3, 0.4) is 0 Å². The normalized spacial score (nSPS) is 19.1. The number of hydrogen-bond donors (Lipinski definition) is 2. The van der Waals surface area contributed by atoms with Gasteiger partial charge in [-0.05, 0) is 73.4 Å². The zero-order valence-electron chi connectivity index (χ0n) is 21.5. The van der Waals surface area contributed by atoms with E-state index in [1.165, 1.54) is 11.1 Å². The summed E-state index contributed by atoms with van der Waals surface area (Å²) in [6, 6.07) is 7.16. The highest BCUT2D eigenvalue weighted by molar-refractivity contribution is 5.88. The van der Waals surface area contributed by atoms with E-state index in [1.54, 1.807) is 30.3 Å². The van der Waals surface area contributed by atoms with Gasteiger partial charge < -0.3 is 15.0 Å². The molecular formula is C30H37N3O2. The van der Waals surface area contributed by atoms with Gasteiger partial charge in [0.15, 0.2) is 0 Å². The third kappa shape index (κ3) is 7.44. The molecule has 2 N–H and O–H groups in total. The monoisotopic (exact) mass is 471 g/mol. The number of aromatic hydroxyl groups is 1. The fraction of sp³-hybridized carbons (Fsp3) is 0.333. The number of benzene rings is 1. The number of hydrogen-bond acceptors (Lipinski definition) is 3. The molecular weight excluding hydrogens is 434 g/mol. The molecule has 1 amide bonds. The molecule has 1 unspecified atom stereocenters. The second kappa shape index (κ2) is 11.7. The van der Waals surface area contributed by atoms with Gasteiger partial charge in [-0.3, -0.25) is 4.79 Å². The van der Waals surface area contributed by atoms with Gasteiger partial charge in [0, 0.05) is 25.0 Å². The number of allylic oxidation sites excluding steroid dienone is 9. The SMILES string of the molecule is CC1=C(/C=C/C(C)=C/C=C/C(C)=C\C(=O)NCc2ccc(O)cc2)C(C)(C)CCC1n1ccnc1. The zero-order chi connectivity index (χ0) is 25.4. The smallest absolute Gasteiger partial charge is 0.244 e. The Kier molecular flexibility index (Phi) is 8.69. The Bertz CT molecular complexity index is 1160. The van der Waals surface area contributed by atoms with Gasteiger partial charge in [-0.25, -0.2) is 4.98 Å². The van der Waals surface area contributed by atoms with E-state index in [2.05, 4.69) is 60.8 Å². The summed E-state index contributed by atoms with van der Waals surface area (Å²) in [5.41, 5.74) is 5.88. The van der Waals surface area contributed by atoms with Crippen LogP contribution in [0.15, 0.2) is 102 Å². The van der Waals surface area contributed by atoms with Gasteiger partial charge >= 0.3 is 0 Å². The van der Waals surface area contributed by atoms with Gasteiger partial charge in [0.2, 0.25) is 5.91 Å². The molecule has 1 aliphatic carbocycles. The molecule has 1 aromatic heterocycles. The number of phenolic OH excluding ortho intramolecular Hbond substituents is 1. The van der Waals surface area contributed by atoms with E-state index >= 15 is 0 Å². The summed E-state index contributed by atoms with van der Waals surface area (Å²) in [5, 5.41) is 12.2. The topological polar surface area (TPSA) is 67.2 Å². The highest BCUT2D eigenvalue weighted by Gasteiger charge is 2.32.